The lowest BCUT2D eigenvalue weighted by Gasteiger charge is -2.06. The molecule has 0 aliphatic heterocycles. The fraction of sp³-hybridized carbons (Fsp3) is 0.167. The van der Waals surface area contributed by atoms with Gasteiger partial charge < -0.3 is 10.1 Å². The van der Waals surface area contributed by atoms with Crippen LogP contribution in [0.2, 0.25) is 5.02 Å². The minimum Gasteiger partial charge on any atom is -0.445 e. The van der Waals surface area contributed by atoms with Crippen LogP contribution in [0.5, 0.6) is 0 Å². The van der Waals surface area contributed by atoms with Gasteiger partial charge in [0.05, 0.1) is 5.02 Å². The van der Waals surface area contributed by atoms with Gasteiger partial charge in [-0.3, -0.25) is 0 Å². The monoisotopic (exact) mass is 394 g/mol. The molecule has 26 heavy (non-hydrogen) atoms. The lowest BCUT2D eigenvalue weighted by molar-refractivity contribution is 0.140. The average molecular weight is 395 g/mol. The summed E-state index contributed by atoms with van der Waals surface area (Å²) in [4.78, 5) is 11.5. The molecular formula is C18H19ClN2O4S. The van der Waals surface area contributed by atoms with Crippen molar-refractivity contribution in [2.45, 2.75) is 17.9 Å². The number of amides is 1. The molecule has 0 saturated carbocycles. The van der Waals surface area contributed by atoms with Crippen LogP contribution in [-0.4, -0.2) is 21.1 Å². The third-order valence-electron chi connectivity index (χ3n) is 3.37. The Labute approximate surface area is 157 Å². The molecule has 3 N–H and O–H groups in total. The van der Waals surface area contributed by atoms with E-state index in [1.54, 1.807) is 12.1 Å². The Bertz CT molecular complexity index is 883. The molecule has 138 valence electrons. The number of carbonyl (C=O) groups excluding carboxylic acids is 1. The predicted molar refractivity (Wildman–Crippen MR) is 101 cm³/mol. The number of sulfonamides is 1. The van der Waals surface area contributed by atoms with Gasteiger partial charge in [0.15, 0.2) is 0 Å². The van der Waals surface area contributed by atoms with E-state index < -0.39 is 16.1 Å². The Hall–Kier alpha value is -2.35. The van der Waals surface area contributed by atoms with E-state index >= 15 is 0 Å². The number of primary sulfonamides is 1. The van der Waals surface area contributed by atoms with Crippen LogP contribution in [-0.2, 0) is 21.4 Å². The van der Waals surface area contributed by atoms with Crippen LogP contribution in [0.25, 0.3) is 6.08 Å². The zero-order valence-corrected chi connectivity index (χ0v) is 15.5. The summed E-state index contributed by atoms with van der Waals surface area (Å²) in [7, 11) is -3.83. The fourth-order valence-corrected chi connectivity index (χ4v) is 3.20. The van der Waals surface area contributed by atoms with Gasteiger partial charge in [0, 0.05) is 6.54 Å². The van der Waals surface area contributed by atoms with E-state index in [2.05, 4.69) is 5.32 Å². The summed E-state index contributed by atoms with van der Waals surface area (Å²) < 4.78 is 27.7. The van der Waals surface area contributed by atoms with E-state index in [4.69, 9.17) is 21.5 Å². The molecule has 0 heterocycles. The molecule has 0 aliphatic rings. The number of nitrogens with two attached hydrogens (primary N) is 1. The number of alkyl carbamates (subject to hydrolysis) is 1. The molecule has 6 nitrogen and oxygen atoms in total. The van der Waals surface area contributed by atoms with Gasteiger partial charge in [-0.05, 0) is 29.7 Å². The average Bonchev–Trinajstić information content (AvgIpc) is 2.59. The summed E-state index contributed by atoms with van der Waals surface area (Å²) in [6, 6.07) is 13.9. The molecule has 0 fully saturated rings. The highest BCUT2D eigenvalue weighted by atomic mass is 35.5. The maximum absolute atomic E-state index is 11.6. The highest BCUT2D eigenvalue weighted by Gasteiger charge is 2.12. The summed E-state index contributed by atoms with van der Waals surface area (Å²) in [5.41, 5.74) is 1.65. The van der Waals surface area contributed by atoms with Crippen LogP contribution in [0.15, 0.2) is 59.5 Å². The molecule has 0 saturated heterocycles. The Morgan fingerprint density at radius 2 is 1.92 bits per heavy atom. The third kappa shape index (κ3) is 6.51. The molecule has 0 atom stereocenters. The highest BCUT2D eigenvalue weighted by molar-refractivity contribution is 7.89. The maximum Gasteiger partial charge on any atom is 0.407 e. The molecule has 2 rings (SSSR count). The second-order valence-electron chi connectivity index (χ2n) is 5.41. The van der Waals surface area contributed by atoms with Crippen LogP contribution < -0.4 is 10.5 Å². The number of halogens is 1. The van der Waals surface area contributed by atoms with Gasteiger partial charge in [-0.2, -0.15) is 0 Å². The van der Waals surface area contributed by atoms with E-state index in [9.17, 15) is 13.2 Å². The van der Waals surface area contributed by atoms with E-state index in [1.165, 1.54) is 12.1 Å². The van der Waals surface area contributed by atoms with E-state index in [0.29, 0.717) is 13.0 Å². The summed E-state index contributed by atoms with van der Waals surface area (Å²) in [5, 5.41) is 7.77. The standard InChI is InChI=1S/C18H19ClN2O4S/c19-16-12-14(9-10-17(16)26(20,23)24)6-4-5-11-21-18(22)25-13-15-7-2-1-3-8-15/h1-4,6-10,12H,5,11,13H2,(H,21,22)(H2,20,23,24). The van der Waals surface area contributed by atoms with Gasteiger partial charge >= 0.3 is 6.09 Å². The molecule has 0 unspecified atom stereocenters. The molecule has 1 amide bonds. The number of rotatable bonds is 7. The maximum atomic E-state index is 11.6. The quantitative estimate of drug-likeness (QED) is 0.703. The van der Waals surface area contributed by atoms with Crippen LogP contribution in [0, 0.1) is 0 Å². The first-order valence-corrected chi connectivity index (χ1v) is 9.72. The van der Waals surface area contributed by atoms with Crippen molar-refractivity contribution in [2.24, 2.45) is 5.14 Å². The highest BCUT2D eigenvalue weighted by Crippen LogP contribution is 2.22. The molecule has 0 spiro atoms. The van der Waals surface area contributed by atoms with Crippen molar-refractivity contribution in [1.82, 2.24) is 5.32 Å². The van der Waals surface area contributed by atoms with Gasteiger partial charge in [0.2, 0.25) is 10.0 Å². The van der Waals surface area contributed by atoms with Gasteiger partial charge in [-0.25, -0.2) is 18.4 Å². The Morgan fingerprint density at radius 3 is 2.58 bits per heavy atom. The number of carbonyl (C=O) groups is 1. The topological polar surface area (TPSA) is 98.5 Å². The summed E-state index contributed by atoms with van der Waals surface area (Å²) in [5.74, 6) is 0. The van der Waals surface area contributed by atoms with Crippen molar-refractivity contribution < 1.29 is 17.9 Å². The zero-order valence-electron chi connectivity index (χ0n) is 13.9. The Kier molecular flexibility index (Phi) is 7.20. The second-order valence-corrected chi connectivity index (χ2v) is 7.35. The van der Waals surface area contributed by atoms with Crippen LogP contribution in [0.1, 0.15) is 17.5 Å². The predicted octanol–water partition coefficient (Wildman–Crippen LogP) is 3.32. The zero-order chi connectivity index (χ0) is 19.0. The first kappa shape index (κ1) is 20.0. The molecule has 2 aromatic carbocycles. The second kappa shape index (κ2) is 9.38. The number of hydrogen-bond acceptors (Lipinski definition) is 4. The first-order chi connectivity index (χ1) is 12.4. The first-order valence-electron chi connectivity index (χ1n) is 7.80. The Morgan fingerprint density at radius 1 is 1.19 bits per heavy atom. The minimum atomic E-state index is -3.83. The lowest BCUT2D eigenvalue weighted by Crippen LogP contribution is -2.24. The van der Waals surface area contributed by atoms with Gasteiger partial charge in [-0.1, -0.05) is 60.2 Å². The van der Waals surface area contributed by atoms with Gasteiger partial charge in [0.25, 0.3) is 0 Å². The molecular weight excluding hydrogens is 376 g/mol. The summed E-state index contributed by atoms with van der Waals surface area (Å²) >= 11 is 5.91. The minimum absolute atomic E-state index is 0.0669. The molecule has 8 heteroatoms. The number of ether oxygens (including phenoxy) is 1. The number of hydrogen-bond donors (Lipinski definition) is 2. The van der Waals surface area contributed by atoms with E-state index in [0.717, 1.165) is 11.1 Å². The fourth-order valence-electron chi connectivity index (χ4n) is 2.10. The number of nitrogens with one attached hydrogen (secondary N) is 1. The van der Waals surface area contributed by atoms with Crippen molar-refractivity contribution >= 4 is 33.8 Å². The van der Waals surface area contributed by atoms with E-state index in [-0.39, 0.29) is 16.5 Å². The lowest BCUT2D eigenvalue weighted by atomic mass is 10.2. The largest absolute Gasteiger partial charge is 0.445 e. The molecule has 0 bridgehead atoms. The molecule has 0 aromatic heterocycles. The number of benzene rings is 2. The van der Waals surface area contributed by atoms with Crippen molar-refractivity contribution in [3.05, 3.63) is 70.8 Å². The van der Waals surface area contributed by atoms with Gasteiger partial charge in [-0.15, -0.1) is 0 Å². The molecule has 0 aliphatic carbocycles. The van der Waals surface area contributed by atoms with Crippen molar-refractivity contribution in [3.63, 3.8) is 0 Å². The van der Waals surface area contributed by atoms with Crippen molar-refractivity contribution in [3.8, 4) is 0 Å². The van der Waals surface area contributed by atoms with E-state index in [1.807, 2.05) is 36.4 Å². The molecule has 2 aromatic rings. The summed E-state index contributed by atoms with van der Waals surface area (Å²) in [6.07, 6.45) is 3.70. The van der Waals surface area contributed by atoms with Crippen LogP contribution >= 0.6 is 11.6 Å². The summed E-state index contributed by atoms with van der Waals surface area (Å²) in [6.45, 7) is 0.629. The van der Waals surface area contributed by atoms with Crippen LogP contribution in [0.3, 0.4) is 0 Å². The van der Waals surface area contributed by atoms with Crippen molar-refractivity contribution in [2.75, 3.05) is 6.54 Å². The SMILES string of the molecule is NS(=O)(=O)c1ccc(C=CCCNC(=O)OCc2ccccc2)cc1Cl. The Balaban J connectivity index is 1.74. The molecule has 0 radical (unpaired) electrons. The van der Waals surface area contributed by atoms with Crippen molar-refractivity contribution in [1.29, 1.82) is 0 Å². The normalized spacial score (nSPS) is 11.5. The smallest absolute Gasteiger partial charge is 0.407 e. The van der Waals surface area contributed by atoms with Gasteiger partial charge in [0.1, 0.15) is 11.5 Å². The van der Waals surface area contributed by atoms with Crippen LogP contribution in [0.4, 0.5) is 4.79 Å². The third-order valence-corrected chi connectivity index (χ3v) is 4.76.